The van der Waals surface area contributed by atoms with E-state index >= 15 is 0 Å². The third kappa shape index (κ3) is 3.69. The van der Waals surface area contributed by atoms with Crippen molar-refractivity contribution >= 4 is 34.7 Å². The summed E-state index contributed by atoms with van der Waals surface area (Å²) < 4.78 is 5.30. The Bertz CT molecular complexity index is 658. The van der Waals surface area contributed by atoms with Gasteiger partial charge in [-0.3, -0.25) is 4.79 Å². The van der Waals surface area contributed by atoms with Crippen molar-refractivity contribution in [3.63, 3.8) is 0 Å². The number of ketones is 1. The lowest BCUT2D eigenvalue weighted by Gasteiger charge is -2.21. The molecular formula is C16H15Cl2NO2. The average molecular weight is 324 g/mol. The van der Waals surface area contributed by atoms with Gasteiger partial charge in [-0.1, -0.05) is 35.3 Å². The number of benzene rings is 2. The maximum absolute atomic E-state index is 12.4. The second-order valence-electron chi connectivity index (χ2n) is 4.58. The normalized spacial score (nSPS) is 10.3. The largest absolute Gasteiger partial charge is 0.495 e. The van der Waals surface area contributed by atoms with Gasteiger partial charge in [-0.05, 0) is 30.3 Å². The van der Waals surface area contributed by atoms with E-state index in [-0.39, 0.29) is 12.3 Å². The molecule has 0 heterocycles. The highest BCUT2D eigenvalue weighted by molar-refractivity contribution is 6.36. The molecule has 2 aromatic carbocycles. The number of likely N-dealkylation sites (N-methyl/N-ethyl adjacent to an activating group) is 1. The number of nitrogens with zero attached hydrogens (tertiary/aromatic N) is 1. The zero-order valence-corrected chi connectivity index (χ0v) is 13.3. The van der Waals surface area contributed by atoms with Crippen LogP contribution in [0.15, 0.2) is 42.5 Å². The summed E-state index contributed by atoms with van der Waals surface area (Å²) in [5, 5.41) is 0.889. The molecule has 0 aliphatic carbocycles. The third-order valence-corrected chi connectivity index (χ3v) is 3.67. The van der Waals surface area contributed by atoms with Crippen molar-refractivity contribution in [1.29, 1.82) is 0 Å². The van der Waals surface area contributed by atoms with E-state index in [0.29, 0.717) is 21.4 Å². The number of halogens is 2. The molecular weight excluding hydrogens is 309 g/mol. The number of ether oxygens (including phenoxy) is 1. The predicted octanol–water partition coefficient (Wildman–Crippen LogP) is 4.32. The van der Waals surface area contributed by atoms with Crippen LogP contribution in [0.2, 0.25) is 10.0 Å². The fourth-order valence-electron chi connectivity index (χ4n) is 2.04. The molecule has 0 aliphatic heterocycles. The van der Waals surface area contributed by atoms with Crippen LogP contribution in [-0.2, 0) is 0 Å². The van der Waals surface area contributed by atoms with Crippen LogP contribution in [0, 0.1) is 0 Å². The average Bonchev–Trinajstić information content (AvgIpc) is 2.49. The van der Waals surface area contributed by atoms with Crippen LogP contribution in [0.3, 0.4) is 0 Å². The maximum Gasteiger partial charge on any atom is 0.183 e. The van der Waals surface area contributed by atoms with Gasteiger partial charge in [0.15, 0.2) is 5.78 Å². The summed E-state index contributed by atoms with van der Waals surface area (Å²) in [5.41, 5.74) is 1.26. The van der Waals surface area contributed by atoms with Crippen molar-refractivity contribution in [2.45, 2.75) is 0 Å². The molecule has 110 valence electrons. The lowest BCUT2D eigenvalue weighted by molar-refractivity contribution is 0.100. The molecule has 0 aromatic heterocycles. The fourth-order valence-corrected chi connectivity index (χ4v) is 2.44. The molecule has 0 saturated heterocycles. The highest BCUT2D eigenvalue weighted by Crippen LogP contribution is 2.27. The molecule has 0 radical (unpaired) electrons. The SMILES string of the molecule is COc1ccccc1N(C)CC(=O)c1cc(Cl)ccc1Cl. The van der Waals surface area contributed by atoms with Gasteiger partial charge in [0.1, 0.15) is 5.75 Å². The Kier molecular flexibility index (Phi) is 5.10. The monoisotopic (exact) mass is 323 g/mol. The minimum absolute atomic E-state index is 0.101. The van der Waals surface area contributed by atoms with Gasteiger partial charge in [-0.25, -0.2) is 0 Å². The van der Waals surface area contributed by atoms with Gasteiger partial charge in [0.25, 0.3) is 0 Å². The first kappa shape index (κ1) is 15.7. The smallest absolute Gasteiger partial charge is 0.183 e. The first-order valence-corrected chi connectivity index (χ1v) is 7.11. The highest BCUT2D eigenvalue weighted by atomic mass is 35.5. The van der Waals surface area contributed by atoms with Gasteiger partial charge < -0.3 is 9.64 Å². The van der Waals surface area contributed by atoms with Crippen molar-refractivity contribution in [2.24, 2.45) is 0 Å². The van der Waals surface area contributed by atoms with Gasteiger partial charge in [-0.15, -0.1) is 0 Å². The summed E-state index contributed by atoms with van der Waals surface area (Å²) in [4.78, 5) is 14.2. The van der Waals surface area contributed by atoms with Crippen LogP contribution >= 0.6 is 23.2 Å². The molecule has 2 rings (SSSR count). The Morgan fingerprint density at radius 3 is 2.62 bits per heavy atom. The van der Waals surface area contributed by atoms with E-state index in [4.69, 9.17) is 27.9 Å². The number of carbonyl (C=O) groups excluding carboxylic acids is 1. The quantitative estimate of drug-likeness (QED) is 0.767. The first-order chi connectivity index (χ1) is 10.0. The van der Waals surface area contributed by atoms with E-state index in [2.05, 4.69) is 0 Å². The maximum atomic E-state index is 12.4. The van der Waals surface area contributed by atoms with Gasteiger partial charge in [0.05, 0.1) is 24.4 Å². The Morgan fingerprint density at radius 2 is 1.90 bits per heavy atom. The summed E-state index contributed by atoms with van der Waals surface area (Å²) in [6.45, 7) is 0.181. The van der Waals surface area contributed by atoms with Crippen LogP contribution in [-0.4, -0.2) is 26.5 Å². The number of hydrogen-bond donors (Lipinski definition) is 0. The fraction of sp³-hybridized carbons (Fsp3) is 0.188. The molecule has 0 N–H and O–H groups in total. The van der Waals surface area contributed by atoms with E-state index in [1.165, 1.54) is 0 Å². The number of para-hydroxylation sites is 2. The van der Waals surface area contributed by atoms with Gasteiger partial charge in [-0.2, -0.15) is 0 Å². The van der Waals surface area contributed by atoms with E-state index in [1.807, 2.05) is 36.2 Å². The van der Waals surface area contributed by atoms with Gasteiger partial charge in [0.2, 0.25) is 0 Å². The van der Waals surface area contributed by atoms with Crippen LogP contribution in [0.4, 0.5) is 5.69 Å². The summed E-state index contributed by atoms with van der Waals surface area (Å²) in [5.74, 6) is 0.612. The standard InChI is InChI=1S/C16H15Cl2NO2/c1-19(14-5-3-4-6-16(14)21-2)10-15(20)12-9-11(17)7-8-13(12)18/h3-9H,10H2,1-2H3. The number of rotatable bonds is 5. The van der Waals surface area contributed by atoms with Crippen LogP contribution in [0.5, 0.6) is 5.75 Å². The Labute approximate surface area is 134 Å². The van der Waals surface area contributed by atoms with Crippen molar-refractivity contribution in [3.05, 3.63) is 58.1 Å². The molecule has 0 unspecified atom stereocenters. The van der Waals surface area contributed by atoms with Gasteiger partial charge >= 0.3 is 0 Å². The third-order valence-electron chi connectivity index (χ3n) is 3.11. The molecule has 0 aliphatic rings. The first-order valence-electron chi connectivity index (χ1n) is 6.35. The van der Waals surface area contributed by atoms with Crippen LogP contribution in [0.1, 0.15) is 10.4 Å². The minimum atomic E-state index is -0.101. The second kappa shape index (κ2) is 6.83. The van der Waals surface area contributed by atoms with E-state index in [1.54, 1.807) is 25.3 Å². The summed E-state index contributed by atoms with van der Waals surface area (Å²) in [6, 6.07) is 12.4. The van der Waals surface area contributed by atoms with Crippen LogP contribution < -0.4 is 9.64 Å². The predicted molar refractivity (Wildman–Crippen MR) is 87.1 cm³/mol. The summed E-state index contributed by atoms with van der Waals surface area (Å²) in [6.07, 6.45) is 0. The molecule has 0 fully saturated rings. The summed E-state index contributed by atoms with van der Waals surface area (Å²) >= 11 is 12.0. The molecule has 0 spiro atoms. The highest BCUT2D eigenvalue weighted by Gasteiger charge is 2.15. The molecule has 0 saturated carbocycles. The van der Waals surface area contributed by atoms with Crippen molar-refractivity contribution < 1.29 is 9.53 Å². The Balaban J connectivity index is 2.21. The molecule has 0 bridgehead atoms. The Morgan fingerprint density at radius 1 is 1.19 bits per heavy atom. The molecule has 0 atom stereocenters. The lowest BCUT2D eigenvalue weighted by atomic mass is 10.1. The number of hydrogen-bond acceptors (Lipinski definition) is 3. The number of Topliss-reactive ketones (excluding diaryl/α,β-unsaturated/α-hetero) is 1. The zero-order valence-electron chi connectivity index (χ0n) is 11.8. The number of anilines is 1. The summed E-state index contributed by atoms with van der Waals surface area (Å²) in [7, 11) is 3.43. The van der Waals surface area contributed by atoms with Crippen LogP contribution in [0.25, 0.3) is 0 Å². The van der Waals surface area contributed by atoms with Gasteiger partial charge in [0, 0.05) is 17.6 Å². The number of methoxy groups -OCH3 is 1. The number of carbonyl (C=O) groups is 1. The lowest BCUT2D eigenvalue weighted by Crippen LogP contribution is -2.26. The molecule has 5 heteroatoms. The topological polar surface area (TPSA) is 29.5 Å². The van der Waals surface area contributed by atoms with E-state index < -0.39 is 0 Å². The van der Waals surface area contributed by atoms with Crippen molar-refractivity contribution in [2.75, 3.05) is 25.6 Å². The Hall–Kier alpha value is -1.71. The molecule has 3 nitrogen and oxygen atoms in total. The molecule has 0 amide bonds. The molecule has 21 heavy (non-hydrogen) atoms. The van der Waals surface area contributed by atoms with E-state index in [0.717, 1.165) is 5.69 Å². The zero-order chi connectivity index (χ0) is 15.4. The van der Waals surface area contributed by atoms with E-state index in [9.17, 15) is 4.79 Å². The van der Waals surface area contributed by atoms with Crippen molar-refractivity contribution in [3.8, 4) is 5.75 Å². The minimum Gasteiger partial charge on any atom is -0.495 e. The second-order valence-corrected chi connectivity index (χ2v) is 5.42. The van der Waals surface area contributed by atoms with Crippen molar-refractivity contribution in [1.82, 2.24) is 0 Å². The molecule has 2 aromatic rings.